The van der Waals surface area contributed by atoms with Gasteiger partial charge in [-0.3, -0.25) is 9.69 Å². The average molecular weight is 238 g/mol. The zero-order valence-corrected chi connectivity index (χ0v) is 11.3. The van der Waals surface area contributed by atoms with Gasteiger partial charge >= 0.3 is 0 Å². The Morgan fingerprint density at radius 3 is 2.59 bits per heavy atom. The van der Waals surface area contributed by atoms with Gasteiger partial charge in [-0.15, -0.1) is 0 Å². The molecule has 0 bridgehead atoms. The number of rotatable bonds is 3. The molecule has 2 aliphatic rings. The lowest BCUT2D eigenvalue weighted by molar-refractivity contribution is -0.134. The second-order valence-electron chi connectivity index (χ2n) is 5.94. The Kier molecular flexibility index (Phi) is 4.43. The highest BCUT2D eigenvalue weighted by atomic mass is 16.2. The molecule has 0 aromatic heterocycles. The van der Waals surface area contributed by atoms with Gasteiger partial charge in [-0.25, -0.2) is 0 Å². The van der Waals surface area contributed by atoms with Crippen molar-refractivity contribution < 1.29 is 4.79 Å². The quantitative estimate of drug-likeness (QED) is 0.752. The molecule has 98 valence electrons. The summed E-state index contributed by atoms with van der Waals surface area (Å²) >= 11 is 0. The van der Waals surface area contributed by atoms with E-state index in [2.05, 4.69) is 23.8 Å². The fourth-order valence-corrected chi connectivity index (χ4v) is 3.20. The van der Waals surface area contributed by atoms with E-state index in [1.54, 1.807) is 0 Å². The largest absolute Gasteiger partial charge is 0.341 e. The van der Waals surface area contributed by atoms with Crippen LogP contribution in [0.1, 0.15) is 45.4 Å². The van der Waals surface area contributed by atoms with Crippen molar-refractivity contribution in [1.82, 2.24) is 9.80 Å². The maximum absolute atomic E-state index is 12.2. The molecule has 0 aromatic rings. The molecule has 1 amide bonds. The topological polar surface area (TPSA) is 23.6 Å². The molecule has 0 spiro atoms. The van der Waals surface area contributed by atoms with Crippen LogP contribution in [-0.4, -0.2) is 48.4 Å². The van der Waals surface area contributed by atoms with Crippen molar-refractivity contribution in [3.63, 3.8) is 0 Å². The van der Waals surface area contributed by atoms with Crippen LogP contribution in [0.2, 0.25) is 0 Å². The molecule has 1 atom stereocenters. The van der Waals surface area contributed by atoms with E-state index in [1.165, 1.54) is 38.5 Å². The Bertz CT molecular complexity index is 261. The van der Waals surface area contributed by atoms with Gasteiger partial charge in [-0.05, 0) is 38.6 Å². The maximum atomic E-state index is 12.2. The highest BCUT2D eigenvalue weighted by Gasteiger charge is 2.25. The minimum Gasteiger partial charge on any atom is -0.341 e. The van der Waals surface area contributed by atoms with Crippen LogP contribution in [-0.2, 0) is 4.79 Å². The molecule has 1 aliphatic carbocycles. The van der Waals surface area contributed by atoms with E-state index < -0.39 is 0 Å². The number of amides is 1. The average Bonchev–Trinajstić information content (AvgIpc) is 2.82. The van der Waals surface area contributed by atoms with Crippen molar-refractivity contribution >= 4 is 5.91 Å². The highest BCUT2D eigenvalue weighted by molar-refractivity contribution is 5.78. The first-order valence-electron chi connectivity index (χ1n) is 7.15. The second kappa shape index (κ2) is 5.85. The summed E-state index contributed by atoms with van der Waals surface area (Å²) in [4.78, 5) is 16.5. The summed E-state index contributed by atoms with van der Waals surface area (Å²) in [7, 11) is 2.11. The molecule has 2 rings (SSSR count). The summed E-state index contributed by atoms with van der Waals surface area (Å²) in [5, 5.41) is 0. The number of nitrogens with zero attached hydrogens (tertiary/aromatic N) is 2. The fraction of sp³-hybridized carbons (Fsp3) is 0.929. The molecular formula is C14H26N2O. The summed E-state index contributed by atoms with van der Waals surface area (Å²) in [6.07, 6.45) is 7.69. The van der Waals surface area contributed by atoms with Gasteiger partial charge in [0.05, 0.1) is 6.54 Å². The Labute approximate surface area is 105 Å². The van der Waals surface area contributed by atoms with Crippen LogP contribution in [0.15, 0.2) is 0 Å². The molecule has 2 fully saturated rings. The number of likely N-dealkylation sites (N-methyl/N-ethyl adjacent to an activating group) is 1. The Morgan fingerprint density at radius 2 is 1.94 bits per heavy atom. The smallest absolute Gasteiger partial charge is 0.236 e. The van der Waals surface area contributed by atoms with E-state index >= 15 is 0 Å². The molecule has 0 N–H and O–H groups in total. The number of carbonyl (C=O) groups is 1. The predicted octanol–water partition coefficient (Wildman–Crippen LogP) is 2.12. The highest BCUT2D eigenvalue weighted by Crippen LogP contribution is 2.22. The molecule has 1 saturated carbocycles. The van der Waals surface area contributed by atoms with E-state index in [4.69, 9.17) is 0 Å². The summed E-state index contributed by atoms with van der Waals surface area (Å²) in [6.45, 7) is 4.82. The van der Waals surface area contributed by atoms with Gasteiger partial charge in [0.1, 0.15) is 0 Å². The Hall–Kier alpha value is -0.570. The molecule has 1 saturated heterocycles. The van der Waals surface area contributed by atoms with Gasteiger partial charge in [0.15, 0.2) is 0 Å². The van der Waals surface area contributed by atoms with Crippen LogP contribution in [0.3, 0.4) is 0 Å². The van der Waals surface area contributed by atoms with Crippen LogP contribution in [0, 0.1) is 5.92 Å². The predicted molar refractivity (Wildman–Crippen MR) is 69.9 cm³/mol. The number of hydrogen-bond donors (Lipinski definition) is 0. The van der Waals surface area contributed by atoms with Crippen molar-refractivity contribution in [2.45, 2.75) is 51.5 Å². The van der Waals surface area contributed by atoms with Crippen molar-refractivity contribution in [2.75, 3.05) is 26.7 Å². The van der Waals surface area contributed by atoms with Crippen molar-refractivity contribution in [3.8, 4) is 0 Å². The van der Waals surface area contributed by atoms with Gasteiger partial charge < -0.3 is 4.90 Å². The first kappa shape index (κ1) is 12.9. The Morgan fingerprint density at radius 1 is 1.24 bits per heavy atom. The number of hydrogen-bond acceptors (Lipinski definition) is 2. The van der Waals surface area contributed by atoms with Gasteiger partial charge in [-0.2, -0.15) is 0 Å². The standard InChI is InChI=1S/C14H26N2O/c1-12-6-5-9-16(10-12)14(17)11-15(2)13-7-3-4-8-13/h12-13H,3-11H2,1-2H3/t12-/m1/s1. The molecule has 0 radical (unpaired) electrons. The van der Waals surface area contributed by atoms with E-state index in [1.807, 2.05) is 0 Å². The summed E-state index contributed by atoms with van der Waals surface area (Å²) in [6, 6.07) is 0.654. The van der Waals surface area contributed by atoms with Gasteiger partial charge in [0.25, 0.3) is 0 Å². The number of likely N-dealkylation sites (tertiary alicyclic amines) is 1. The number of carbonyl (C=O) groups excluding carboxylic acids is 1. The summed E-state index contributed by atoms with van der Waals surface area (Å²) < 4.78 is 0. The zero-order chi connectivity index (χ0) is 12.3. The lowest BCUT2D eigenvalue weighted by atomic mass is 10.0. The van der Waals surface area contributed by atoms with Gasteiger partial charge in [-0.1, -0.05) is 19.8 Å². The molecule has 1 heterocycles. The van der Waals surface area contributed by atoms with Gasteiger partial charge in [0, 0.05) is 19.1 Å². The zero-order valence-electron chi connectivity index (χ0n) is 11.3. The molecule has 0 aromatic carbocycles. The first-order valence-corrected chi connectivity index (χ1v) is 7.15. The van der Waals surface area contributed by atoms with E-state index in [0.717, 1.165) is 13.1 Å². The SMILES string of the molecule is C[C@@H]1CCCN(C(=O)CN(C)C2CCCC2)C1. The lowest BCUT2D eigenvalue weighted by Gasteiger charge is -2.33. The van der Waals surface area contributed by atoms with E-state index in [0.29, 0.717) is 24.4 Å². The van der Waals surface area contributed by atoms with Crippen LogP contribution in [0.4, 0.5) is 0 Å². The third kappa shape index (κ3) is 3.44. The lowest BCUT2D eigenvalue weighted by Crippen LogP contribution is -2.45. The number of piperidine rings is 1. The monoisotopic (exact) mass is 238 g/mol. The minimum atomic E-state index is 0.339. The first-order chi connectivity index (χ1) is 8.16. The molecule has 0 unspecified atom stereocenters. The van der Waals surface area contributed by atoms with Crippen LogP contribution in [0.5, 0.6) is 0 Å². The van der Waals surface area contributed by atoms with Crippen LogP contribution in [0.25, 0.3) is 0 Å². The molecule has 3 nitrogen and oxygen atoms in total. The second-order valence-corrected chi connectivity index (χ2v) is 5.94. The Balaban J connectivity index is 1.79. The fourth-order valence-electron chi connectivity index (χ4n) is 3.20. The normalized spacial score (nSPS) is 26.8. The van der Waals surface area contributed by atoms with Crippen LogP contribution < -0.4 is 0 Å². The summed E-state index contributed by atoms with van der Waals surface area (Å²) in [5.41, 5.74) is 0. The van der Waals surface area contributed by atoms with E-state index in [-0.39, 0.29) is 0 Å². The molecule has 17 heavy (non-hydrogen) atoms. The summed E-state index contributed by atoms with van der Waals surface area (Å²) in [5.74, 6) is 1.02. The third-order valence-corrected chi connectivity index (χ3v) is 4.34. The van der Waals surface area contributed by atoms with Gasteiger partial charge in [0.2, 0.25) is 5.91 Å². The molecule has 3 heteroatoms. The molecular weight excluding hydrogens is 212 g/mol. The van der Waals surface area contributed by atoms with Crippen LogP contribution >= 0.6 is 0 Å². The third-order valence-electron chi connectivity index (χ3n) is 4.34. The maximum Gasteiger partial charge on any atom is 0.236 e. The van der Waals surface area contributed by atoms with Crippen molar-refractivity contribution in [3.05, 3.63) is 0 Å². The van der Waals surface area contributed by atoms with E-state index in [9.17, 15) is 4.79 Å². The van der Waals surface area contributed by atoms with Crippen molar-refractivity contribution in [1.29, 1.82) is 0 Å². The molecule has 1 aliphatic heterocycles. The van der Waals surface area contributed by atoms with Crippen molar-refractivity contribution in [2.24, 2.45) is 5.92 Å². The minimum absolute atomic E-state index is 0.339.